The minimum atomic E-state index is -0.369. The summed E-state index contributed by atoms with van der Waals surface area (Å²) in [7, 11) is 1.57. The molecule has 6 heteroatoms. The summed E-state index contributed by atoms with van der Waals surface area (Å²) in [5.74, 6) is -0.172. The molecule has 0 saturated carbocycles. The van der Waals surface area contributed by atoms with Crippen molar-refractivity contribution >= 4 is 17.3 Å². The van der Waals surface area contributed by atoms with Gasteiger partial charge in [-0.2, -0.15) is 0 Å². The number of amides is 1. The monoisotopic (exact) mass is 408 g/mol. The summed E-state index contributed by atoms with van der Waals surface area (Å²) in [6.45, 7) is 1.97. The van der Waals surface area contributed by atoms with E-state index in [0.717, 1.165) is 5.69 Å². The normalized spacial score (nSPS) is 17.9. The lowest BCUT2D eigenvalue weighted by atomic mass is 9.90. The first-order valence-corrected chi connectivity index (χ1v) is 9.75. The molecule has 0 saturated heterocycles. The highest BCUT2D eigenvalue weighted by Gasteiger charge is 2.34. The Labute approximate surface area is 174 Å². The van der Waals surface area contributed by atoms with Crippen LogP contribution >= 0.6 is 0 Å². The quantitative estimate of drug-likeness (QED) is 0.614. The molecular formula is C24H22F2N2O2. The lowest BCUT2D eigenvalue weighted by Crippen LogP contribution is -2.44. The number of ether oxygens (including phenoxy) is 1. The van der Waals surface area contributed by atoms with Gasteiger partial charge in [-0.1, -0.05) is 0 Å². The molecule has 0 fully saturated rings. The van der Waals surface area contributed by atoms with Crippen LogP contribution in [0.1, 0.15) is 35.3 Å². The van der Waals surface area contributed by atoms with Crippen molar-refractivity contribution in [2.75, 3.05) is 17.3 Å². The molecule has 2 atom stereocenters. The van der Waals surface area contributed by atoms with Gasteiger partial charge in [0.2, 0.25) is 0 Å². The van der Waals surface area contributed by atoms with Crippen LogP contribution in [0.5, 0.6) is 5.75 Å². The van der Waals surface area contributed by atoms with Gasteiger partial charge in [-0.15, -0.1) is 0 Å². The van der Waals surface area contributed by atoms with Gasteiger partial charge in [0.25, 0.3) is 5.91 Å². The van der Waals surface area contributed by atoms with E-state index in [-0.39, 0.29) is 29.6 Å². The highest BCUT2D eigenvalue weighted by molar-refractivity contribution is 6.07. The van der Waals surface area contributed by atoms with Crippen LogP contribution in [-0.4, -0.2) is 19.1 Å². The third-order valence-corrected chi connectivity index (χ3v) is 5.38. The minimum Gasteiger partial charge on any atom is -0.497 e. The summed E-state index contributed by atoms with van der Waals surface area (Å²) in [6, 6.07) is 17.1. The molecule has 30 heavy (non-hydrogen) atoms. The topological polar surface area (TPSA) is 41.6 Å². The molecule has 3 aromatic carbocycles. The second kappa shape index (κ2) is 8.14. The van der Waals surface area contributed by atoms with Gasteiger partial charge in [-0.3, -0.25) is 4.79 Å². The average Bonchev–Trinajstić information content (AvgIpc) is 2.75. The van der Waals surface area contributed by atoms with Crippen molar-refractivity contribution in [3.05, 3.63) is 89.5 Å². The van der Waals surface area contributed by atoms with Gasteiger partial charge in [-0.25, -0.2) is 8.78 Å². The highest BCUT2D eigenvalue weighted by Crippen LogP contribution is 2.40. The number of halogens is 2. The Morgan fingerprint density at radius 1 is 1.00 bits per heavy atom. The molecule has 1 aliphatic rings. The number of benzene rings is 3. The third-order valence-electron chi connectivity index (χ3n) is 5.38. The Morgan fingerprint density at radius 3 is 2.33 bits per heavy atom. The molecule has 4 nitrogen and oxygen atoms in total. The zero-order chi connectivity index (χ0) is 21.3. The van der Waals surface area contributed by atoms with E-state index in [2.05, 4.69) is 5.32 Å². The van der Waals surface area contributed by atoms with E-state index >= 15 is 0 Å². The summed E-state index contributed by atoms with van der Waals surface area (Å²) in [5, 5.41) is 3.35. The number of hydrogen-bond acceptors (Lipinski definition) is 3. The smallest absolute Gasteiger partial charge is 0.258 e. The van der Waals surface area contributed by atoms with E-state index in [9.17, 15) is 13.6 Å². The Morgan fingerprint density at radius 2 is 1.67 bits per heavy atom. The van der Waals surface area contributed by atoms with E-state index in [1.807, 2.05) is 6.92 Å². The largest absolute Gasteiger partial charge is 0.497 e. The molecule has 1 heterocycles. The van der Waals surface area contributed by atoms with E-state index in [1.54, 1.807) is 54.5 Å². The second-order valence-corrected chi connectivity index (χ2v) is 7.40. The van der Waals surface area contributed by atoms with Crippen LogP contribution in [0.15, 0.2) is 66.7 Å². The van der Waals surface area contributed by atoms with Crippen molar-refractivity contribution in [1.82, 2.24) is 0 Å². The fraction of sp³-hybridized carbons (Fsp3) is 0.208. The number of nitrogens with zero attached hydrogens (tertiary/aromatic N) is 1. The lowest BCUT2D eigenvalue weighted by Gasteiger charge is -2.40. The van der Waals surface area contributed by atoms with Gasteiger partial charge in [0.1, 0.15) is 17.4 Å². The molecular weight excluding hydrogens is 386 g/mol. The molecule has 0 spiro atoms. The first kappa shape index (κ1) is 19.9. The predicted octanol–water partition coefficient (Wildman–Crippen LogP) is 5.57. The number of methoxy groups -OCH3 is 1. The van der Waals surface area contributed by atoms with Crippen LogP contribution in [-0.2, 0) is 0 Å². The molecule has 1 aliphatic heterocycles. The molecule has 1 N–H and O–H groups in total. The number of fused-ring (bicyclic) bond motifs is 1. The van der Waals surface area contributed by atoms with Gasteiger partial charge in [0.05, 0.1) is 13.2 Å². The zero-order valence-corrected chi connectivity index (χ0v) is 16.7. The average molecular weight is 408 g/mol. The maximum atomic E-state index is 14.1. The SMILES string of the molecule is COc1ccc(C(=O)N2c3ccc(F)cc3[C@H](Nc3ccc(F)cc3)C[C@@H]2C)cc1. The van der Waals surface area contributed by atoms with Gasteiger partial charge in [-0.05, 0) is 80.1 Å². The Bertz CT molecular complexity index is 1050. The van der Waals surface area contributed by atoms with Crippen molar-refractivity contribution in [2.45, 2.75) is 25.4 Å². The van der Waals surface area contributed by atoms with E-state index in [4.69, 9.17) is 4.74 Å². The molecule has 0 aromatic heterocycles. The number of anilines is 2. The Hall–Kier alpha value is -3.41. The summed E-state index contributed by atoms with van der Waals surface area (Å²) in [4.78, 5) is 15.0. The summed E-state index contributed by atoms with van der Waals surface area (Å²) >= 11 is 0. The minimum absolute atomic E-state index is 0.129. The Kier molecular flexibility index (Phi) is 5.40. The van der Waals surface area contributed by atoms with Crippen LogP contribution in [0.3, 0.4) is 0 Å². The van der Waals surface area contributed by atoms with Gasteiger partial charge < -0.3 is 15.0 Å². The predicted molar refractivity (Wildman–Crippen MR) is 113 cm³/mol. The van der Waals surface area contributed by atoms with Gasteiger partial charge >= 0.3 is 0 Å². The van der Waals surface area contributed by atoms with Crippen LogP contribution in [0.4, 0.5) is 20.2 Å². The molecule has 0 unspecified atom stereocenters. The van der Waals surface area contributed by atoms with Crippen LogP contribution < -0.4 is 15.0 Å². The van der Waals surface area contributed by atoms with Crippen LogP contribution in [0, 0.1) is 11.6 Å². The van der Waals surface area contributed by atoms with Crippen molar-refractivity contribution in [3.63, 3.8) is 0 Å². The number of rotatable bonds is 4. The molecule has 0 bridgehead atoms. The standard InChI is InChI=1S/C24H22F2N2O2/c1-15-13-22(27-19-8-5-17(25)6-9-19)21-14-18(26)7-12-23(21)28(15)24(29)16-3-10-20(30-2)11-4-16/h3-12,14-15,22,27H,13H2,1-2H3/t15-,22+/m0/s1. The summed E-state index contributed by atoms with van der Waals surface area (Å²) in [5.41, 5.74) is 2.62. The highest BCUT2D eigenvalue weighted by atomic mass is 19.1. The summed E-state index contributed by atoms with van der Waals surface area (Å²) in [6.07, 6.45) is 0.579. The van der Waals surface area contributed by atoms with Crippen LogP contribution in [0.2, 0.25) is 0 Å². The maximum Gasteiger partial charge on any atom is 0.258 e. The number of nitrogens with one attached hydrogen (secondary N) is 1. The number of hydrogen-bond donors (Lipinski definition) is 1. The van der Waals surface area contributed by atoms with Gasteiger partial charge in [0.15, 0.2) is 0 Å². The van der Waals surface area contributed by atoms with Crippen molar-refractivity contribution in [2.24, 2.45) is 0 Å². The van der Waals surface area contributed by atoms with Crippen molar-refractivity contribution in [3.8, 4) is 5.75 Å². The first-order valence-electron chi connectivity index (χ1n) is 9.75. The number of carbonyl (C=O) groups excluding carboxylic acids is 1. The van der Waals surface area contributed by atoms with Crippen molar-refractivity contribution in [1.29, 1.82) is 0 Å². The molecule has 3 aromatic rings. The summed E-state index contributed by atoms with van der Waals surface area (Å²) < 4.78 is 32.5. The second-order valence-electron chi connectivity index (χ2n) is 7.40. The van der Waals surface area contributed by atoms with Crippen molar-refractivity contribution < 1.29 is 18.3 Å². The molecule has 0 aliphatic carbocycles. The fourth-order valence-corrected chi connectivity index (χ4v) is 3.90. The molecule has 0 radical (unpaired) electrons. The zero-order valence-electron chi connectivity index (χ0n) is 16.7. The van der Waals surface area contributed by atoms with E-state index in [1.165, 1.54) is 24.3 Å². The van der Waals surface area contributed by atoms with Gasteiger partial charge in [0, 0.05) is 28.5 Å². The molecule has 4 rings (SSSR count). The van der Waals surface area contributed by atoms with E-state index in [0.29, 0.717) is 29.0 Å². The lowest BCUT2D eigenvalue weighted by molar-refractivity contribution is 0.0974. The van der Waals surface area contributed by atoms with E-state index < -0.39 is 0 Å². The fourth-order valence-electron chi connectivity index (χ4n) is 3.90. The Balaban J connectivity index is 1.68. The maximum absolute atomic E-state index is 14.1. The first-order chi connectivity index (χ1) is 14.5. The van der Waals surface area contributed by atoms with Crippen LogP contribution in [0.25, 0.3) is 0 Å². The third kappa shape index (κ3) is 3.85. The molecule has 154 valence electrons. The molecule has 1 amide bonds. The number of carbonyl (C=O) groups is 1.